The molecule has 0 saturated carbocycles. The minimum absolute atomic E-state index is 0.0637. The van der Waals surface area contributed by atoms with Crippen molar-refractivity contribution in [2.24, 2.45) is 0 Å². The lowest BCUT2D eigenvalue weighted by molar-refractivity contribution is -0.192. The highest BCUT2D eigenvalue weighted by molar-refractivity contribution is 5.73. The van der Waals surface area contributed by atoms with Crippen LogP contribution in [0.4, 0.5) is 13.2 Å². The number of aliphatic carboxylic acids is 1. The summed E-state index contributed by atoms with van der Waals surface area (Å²) in [5, 5.41) is 27.5. The van der Waals surface area contributed by atoms with Gasteiger partial charge in [-0.05, 0) is 0 Å². The molecule has 1 saturated heterocycles. The predicted octanol–water partition coefficient (Wildman–Crippen LogP) is -1.19. The number of aliphatic hydroxyl groups is 2. The Balaban J connectivity index is 0.000000360. The molecular formula is C8H15F3N2O5. The summed E-state index contributed by atoms with van der Waals surface area (Å²) in [5.74, 6) is -2.76. The molecule has 1 atom stereocenters. The van der Waals surface area contributed by atoms with Crippen LogP contribution in [0.3, 0.4) is 0 Å². The van der Waals surface area contributed by atoms with Crippen molar-refractivity contribution in [2.75, 3.05) is 19.7 Å². The van der Waals surface area contributed by atoms with E-state index in [9.17, 15) is 13.2 Å². The highest BCUT2D eigenvalue weighted by Crippen LogP contribution is 2.13. The van der Waals surface area contributed by atoms with E-state index in [1.165, 1.54) is 0 Å². The van der Waals surface area contributed by atoms with Gasteiger partial charge in [-0.3, -0.25) is 4.84 Å². The van der Waals surface area contributed by atoms with E-state index < -0.39 is 18.4 Å². The van der Waals surface area contributed by atoms with Gasteiger partial charge in [0.25, 0.3) is 0 Å². The number of halogens is 3. The molecule has 0 bridgehead atoms. The molecule has 0 amide bonds. The van der Waals surface area contributed by atoms with Gasteiger partial charge >= 0.3 is 12.1 Å². The molecule has 18 heavy (non-hydrogen) atoms. The number of hydroxylamine groups is 1. The van der Waals surface area contributed by atoms with Crippen molar-refractivity contribution in [1.29, 1.82) is 0 Å². The molecule has 1 unspecified atom stereocenters. The van der Waals surface area contributed by atoms with Crippen LogP contribution in [-0.2, 0) is 9.63 Å². The average Bonchev–Trinajstić information content (AvgIpc) is 2.15. The third-order valence-electron chi connectivity index (χ3n) is 1.77. The fourth-order valence-corrected chi connectivity index (χ4v) is 0.716. The lowest BCUT2D eigenvalue weighted by Gasteiger charge is -2.28. The molecule has 1 aliphatic heterocycles. The number of rotatable bonds is 5. The highest BCUT2D eigenvalue weighted by Gasteiger charge is 2.38. The van der Waals surface area contributed by atoms with Gasteiger partial charge in [0.05, 0.1) is 6.04 Å². The fourth-order valence-electron chi connectivity index (χ4n) is 0.716. The Hall–Kier alpha value is -0.940. The number of nitrogens with one attached hydrogen (secondary N) is 2. The smallest absolute Gasteiger partial charge is 0.475 e. The first-order chi connectivity index (χ1) is 8.27. The summed E-state index contributed by atoms with van der Waals surface area (Å²) in [6.07, 6.45) is -5.74. The highest BCUT2D eigenvalue weighted by atomic mass is 19.4. The van der Waals surface area contributed by atoms with Gasteiger partial charge in [0.1, 0.15) is 0 Å². The van der Waals surface area contributed by atoms with Gasteiger partial charge in [0.2, 0.25) is 0 Å². The molecule has 5 N–H and O–H groups in total. The molecule has 0 aromatic rings. The predicted molar refractivity (Wildman–Crippen MR) is 52.3 cm³/mol. The standard InChI is InChI=1S/C6H14N2O3.C2HF3O2/c9-2-1-6(10)11-8-5-3-7-4-5;3-2(4,5)1(6)7/h5-10H,1-4H2;(H,6,7). The van der Waals surface area contributed by atoms with Crippen molar-refractivity contribution in [1.82, 2.24) is 10.8 Å². The SMILES string of the molecule is O=C(O)C(F)(F)F.OCCC(O)ONC1CNC1. The Kier molecular flexibility index (Phi) is 7.78. The fraction of sp³-hybridized carbons (Fsp3) is 0.875. The van der Waals surface area contributed by atoms with Crippen LogP contribution >= 0.6 is 0 Å². The van der Waals surface area contributed by atoms with Gasteiger partial charge < -0.3 is 20.6 Å². The zero-order valence-electron chi connectivity index (χ0n) is 9.28. The van der Waals surface area contributed by atoms with Crippen LogP contribution in [-0.4, -0.2) is 59.5 Å². The van der Waals surface area contributed by atoms with Gasteiger partial charge in [0, 0.05) is 26.1 Å². The van der Waals surface area contributed by atoms with E-state index in [0.29, 0.717) is 6.04 Å². The van der Waals surface area contributed by atoms with Crippen molar-refractivity contribution < 1.29 is 38.1 Å². The third-order valence-corrected chi connectivity index (χ3v) is 1.77. The molecule has 0 aliphatic carbocycles. The first-order valence-electron chi connectivity index (χ1n) is 4.98. The second-order valence-corrected chi connectivity index (χ2v) is 3.36. The maximum atomic E-state index is 10.6. The number of alkyl halides is 3. The Labute approximate surface area is 101 Å². The number of carboxylic acid groups (broad SMARTS) is 1. The molecule has 10 heteroatoms. The van der Waals surface area contributed by atoms with Gasteiger partial charge in [-0.1, -0.05) is 0 Å². The molecule has 1 rings (SSSR count). The van der Waals surface area contributed by atoms with Crippen molar-refractivity contribution in [3.05, 3.63) is 0 Å². The van der Waals surface area contributed by atoms with Crippen molar-refractivity contribution in [2.45, 2.75) is 24.9 Å². The lowest BCUT2D eigenvalue weighted by Crippen LogP contribution is -2.55. The maximum absolute atomic E-state index is 10.6. The van der Waals surface area contributed by atoms with E-state index in [0.717, 1.165) is 13.1 Å². The zero-order chi connectivity index (χ0) is 14.2. The van der Waals surface area contributed by atoms with Crippen molar-refractivity contribution in [3.8, 4) is 0 Å². The average molecular weight is 276 g/mol. The Bertz CT molecular complexity index is 247. The third kappa shape index (κ3) is 8.20. The molecule has 0 aromatic heterocycles. The first kappa shape index (κ1) is 17.1. The van der Waals surface area contributed by atoms with Crippen LogP contribution in [0.5, 0.6) is 0 Å². The molecule has 108 valence electrons. The Morgan fingerprint density at radius 2 is 2.00 bits per heavy atom. The second kappa shape index (κ2) is 8.21. The molecule has 7 nitrogen and oxygen atoms in total. The number of hydrogen-bond acceptors (Lipinski definition) is 6. The molecular weight excluding hydrogens is 261 g/mol. The summed E-state index contributed by atoms with van der Waals surface area (Å²) in [6, 6.07) is 0.295. The molecule has 1 aliphatic rings. The van der Waals surface area contributed by atoms with Crippen LogP contribution in [0.25, 0.3) is 0 Å². The van der Waals surface area contributed by atoms with E-state index in [-0.39, 0.29) is 13.0 Å². The van der Waals surface area contributed by atoms with Crippen LogP contribution in [0.15, 0.2) is 0 Å². The van der Waals surface area contributed by atoms with E-state index in [1.807, 2.05) is 0 Å². The van der Waals surface area contributed by atoms with Gasteiger partial charge in [-0.25, -0.2) is 4.79 Å². The second-order valence-electron chi connectivity index (χ2n) is 3.36. The summed E-state index contributed by atoms with van der Waals surface area (Å²) >= 11 is 0. The van der Waals surface area contributed by atoms with Crippen LogP contribution in [0, 0.1) is 0 Å². The molecule has 1 heterocycles. The van der Waals surface area contributed by atoms with E-state index in [1.54, 1.807) is 0 Å². The summed E-state index contributed by atoms with van der Waals surface area (Å²) in [4.78, 5) is 13.7. The molecule has 0 spiro atoms. The minimum Gasteiger partial charge on any atom is -0.475 e. The topological polar surface area (TPSA) is 111 Å². The van der Waals surface area contributed by atoms with E-state index >= 15 is 0 Å². The Morgan fingerprint density at radius 1 is 1.50 bits per heavy atom. The van der Waals surface area contributed by atoms with Gasteiger partial charge in [-0.15, -0.1) is 0 Å². The normalized spacial score (nSPS) is 17.4. The molecule has 1 fully saturated rings. The van der Waals surface area contributed by atoms with Crippen LogP contribution in [0.1, 0.15) is 6.42 Å². The minimum atomic E-state index is -5.08. The molecule has 0 radical (unpaired) electrons. The van der Waals surface area contributed by atoms with Crippen LogP contribution < -0.4 is 10.8 Å². The lowest BCUT2D eigenvalue weighted by atomic mass is 10.2. The summed E-state index contributed by atoms with van der Waals surface area (Å²) in [6.45, 7) is 1.67. The van der Waals surface area contributed by atoms with Crippen LogP contribution in [0.2, 0.25) is 0 Å². The zero-order valence-corrected chi connectivity index (χ0v) is 9.28. The summed E-state index contributed by atoms with van der Waals surface area (Å²) in [7, 11) is 0. The van der Waals surface area contributed by atoms with E-state index in [2.05, 4.69) is 10.8 Å². The number of aliphatic hydroxyl groups excluding tert-OH is 2. The summed E-state index contributed by atoms with van der Waals surface area (Å²) in [5.41, 5.74) is 2.68. The van der Waals surface area contributed by atoms with Gasteiger partial charge in [-0.2, -0.15) is 18.7 Å². The van der Waals surface area contributed by atoms with E-state index in [4.69, 9.17) is 25.0 Å². The number of hydrogen-bond donors (Lipinski definition) is 5. The van der Waals surface area contributed by atoms with Crippen molar-refractivity contribution >= 4 is 5.97 Å². The number of carbonyl (C=O) groups is 1. The Morgan fingerprint density at radius 3 is 2.28 bits per heavy atom. The monoisotopic (exact) mass is 276 g/mol. The largest absolute Gasteiger partial charge is 0.490 e. The molecule has 0 aromatic carbocycles. The quantitative estimate of drug-likeness (QED) is 0.317. The first-order valence-corrected chi connectivity index (χ1v) is 4.98. The van der Waals surface area contributed by atoms with Gasteiger partial charge in [0.15, 0.2) is 6.29 Å². The summed E-state index contributed by atoms with van der Waals surface area (Å²) < 4.78 is 31.7. The maximum Gasteiger partial charge on any atom is 0.490 e. The number of carboxylic acids is 1. The van der Waals surface area contributed by atoms with Crippen molar-refractivity contribution in [3.63, 3.8) is 0 Å².